The van der Waals surface area contributed by atoms with Gasteiger partial charge in [0, 0.05) is 12.2 Å². The number of amides is 1. The molecular weight excluding hydrogens is 190 g/mol. The second kappa shape index (κ2) is 4.77. The number of nitrogens with zero attached hydrogens (tertiary/aromatic N) is 2. The third-order valence-electron chi connectivity index (χ3n) is 2.50. The Labute approximate surface area is 90.0 Å². The first kappa shape index (κ1) is 11.5. The lowest BCUT2D eigenvalue weighted by Gasteiger charge is -2.14. The van der Waals surface area contributed by atoms with Gasteiger partial charge in [0.15, 0.2) is 0 Å². The molecule has 1 N–H and O–H groups in total. The van der Waals surface area contributed by atoms with E-state index in [9.17, 15) is 4.79 Å². The highest BCUT2D eigenvalue weighted by atomic mass is 16.2. The predicted octanol–water partition coefficient (Wildman–Crippen LogP) is 1.36. The molecule has 1 atom stereocenters. The second-order valence-electron chi connectivity index (χ2n) is 3.53. The van der Waals surface area contributed by atoms with Gasteiger partial charge < -0.3 is 9.88 Å². The maximum atomic E-state index is 11.7. The highest BCUT2D eigenvalue weighted by Gasteiger charge is 2.16. The summed E-state index contributed by atoms with van der Waals surface area (Å²) in [5.41, 5.74) is 1.98. The van der Waals surface area contributed by atoms with Crippen LogP contribution in [0.1, 0.15) is 24.4 Å². The molecule has 4 heteroatoms. The molecule has 82 valence electrons. The Morgan fingerprint density at radius 2 is 2.40 bits per heavy atom. The average Bonchev–Trinajstić information content (AvgIpc) is 2.55. The predicted molar refractivity (Wildman–Crippen MR) is 59.6 cm³/mol. The minimum atomic E-state index is -0.230. The third-order valence-corrected chi connectivity index (χ3v) is 2.50. The molecule has 0 bridgehead atoms. The summed E-state index contributed by atoms with van der Waals surface area (Å²) in [6.45, 7) is 9.79. The number of imidazole rings is 1. The van der Waals surface area contributed by atoms with Crippen molar-refractivity contribution in [2.24, 2.45) is 0 Å². The standard InChI is InChI=1S/C11H17N3O/c1-5-6-12-11(15)10(4)14-7-13-8(2)9(14)3/h5,7,10H,1,6H2,2-4H3,(H,12,15). The summed E-state index contributed by atoms with van der Waals surface area (Å²) < 4.78 is 1.87. The minimum absolute atomic E-state index is 0.0181. The molecular formula is C11H17N3O. The molecule has 0 aliphatic heterocycles. The maximum absolute atomic E-state index is 11.7. The Balaban J connectivity index is 2.75. The molecule has 1 rings (SSSR count). The number of hydrogen-bond acceptors (Lipinski definition) is 2. The topological polar surface area (TPSA) is 46.9 Å². The van der Waals surface area contributed by atoms with Gasteiger partial charge in [0.05, 0.1) is 12.0 Å². The summed E-state index contributed by atoms with van der Waals surface area (Å²) in [6, 6.07) is -0.230. The monoisotopic (exact) mass is 207 g/mol. The highest BCUT2D eigenvalue weighted by molar-refractivity contribution is 5.80. The molecule has 0 saturated carbocycles. The van der Waals surface area contributed by atoms with Crippen molar-refractivity contribution in [3.8, 4) is 0 Å². The SMILES string of the molecule is C=CCNC(=O)C(C)n1cnc(C)c1C. The molecule has 15 heavy (non-hydrogen) atoms. The van der Waals surface area contributed by atoms with Gasteiger partial charge in [-0.1, -0.05) is 6.08 Å². The number of hydrogen-bond donors (Lipinski definition) is 1. The second-order valence-corrected chi connectivity index (χ2v) is 3.53. The molecule has 1 heterocycles. The van der Waals surface area contributed by atoms with Gasteiger partial charge in [-0.15, -0.1) is 6.58 Å². The quantitative estimate of drug-likeness (QED) is 0.758. The van der Waals surface area contributed by atoms with Crippen molar-refractivity contribution in [2.45, 2.75) is 26.8 Å². The van der Waals surface area contributed by atoms with Crippen LogP contribution in [0.2, 0.25) is 0 Å². The van der Waals surface area contributed by atoms with E-state index >= 15 is 0 Å². The van der Waals surface area contributed by atoms with Gasteiger partial charge in [-0.25, -0.2) is 4.98 Å². The normalized spacial score (nSPS) is 12.2. The van der Waals surface area contributed by atoms with Crippen LogP contribution in [0.3, 0.4) is 0 Å². The van der Waals surface area contributed by atoms with E-state index < -0.39 is 0 Å². The van der Waals surface area contributed by atoms with E-state index in [0.29, 0.717) is 6.54 Å². The molecule has 0 aromatic carbocycles. The lowest BCUT2D eigenvalue weighted by atomic mass is 10.3. The lowest BCUT2D eigenvalue weighted by Crippen LogP contribution is -2.31. The van der Waals surface area contributed by atoms with Crippen LogP contribution in [0.15, 0.2) is 19.0 Å². The molecule has 1 aromatic rings. The number of nitrogens with one attached hydrogen (secondary N) is 1. The van der Waals surface area contributed by atoms with Gasteiger partial charge in [-0.2, -0.15) is 0 Å². The zero-order valence-corrected chi connectivity index (χ0v) is 9.45. The van der Waals surface area contributed by atoms with Crippen molar-refractivity contribution in [3.05, 3.63) is 30.4 Å². The number of carbonyl (C=O) groups excluding carboxylic acids is 1. The summed E-state index contributed by atoms with van der Waals surface area (Å²) in [7, 11) is 0. The van der Waals surface area contributed by atoms with E-state index in [0.717, 1.165) is 11.4 Å². The smallest absolute Gasteiger partial charge is 0.243 e. The Morgan fingerprint density at radius 3 is 2.87 bits per heavy atom. The van der Waals surface area contributed by atoms with Crippen LogP contribution in [0.4, 0.5) is 0 Å². The molecule has 0 saturated heterocycles. The van der Waals surface area contributed by atoms with Crippen molar-refractivity contribution in [3.63, 3.8) is 0 Å². The number of carbonyl (C=O) groups is 1. The minimum Gasteiger partial charge on any atom is -0.351 e. The average molecular weight is 207 g/mol. The maximum Gasteiger partial charge on any atom is 0.243 e. The van der Waals surface area contributed by atoms with Crippen LogP contribution >= 0.6 is 0 Å². The van der Waals surface area contributed by atoms with Crippen LogP contribution in [-0.2, 0) is 4.79 Å². The highest BCUT2D eigenvalue weighted by Crippen LogP contribution is 2.12. The zero-order valence-electron chi connectivity index (χ0n) is 9.45. The van der Waals surface area contributed by atoms with Gasteiger partial charge >= 0.3 is 0 Å². The Bertz CT molecular complexity index is 368. The Kier molecular flexibility index (Phi) is 3.66. The molecule has 0 aliphatic carbocycles. The molecule has 0 aliphatic rings. The van der Waals surface area contributed by atoms with Crippen LogP contribution in [0.5, 0.6) is 0 Å². The van der Waals surface area contributed by atoms with Crippen molar-refractivity contribution in [2.75, 3.05) is 6.54 Å². The summed E-state index contributed by atoms with van der Waals surface area (Å²) in [6.07, 6.45) is 3.36. The van der Waals surface area contributed by atoms with E-state index in [1.807, 2.05) is 25.3 Å². The van der Waals surface area contributed by atoms with E-state index in [-0.39, 0.29) is 11.9 Å². The van der Waals surface area contributed by atoms with Gasteiger partial charge in [0.25, 0.3) is 0 Å². The van der Waals surface area contributed by atoms with Gasteiger partial charge in [0.2, 0.25) is 5.91 Å². The first-order chi connectivity index (χ1) is 7.07. The fourth-order valence-corrected chi connectivity index (χ4v) is 1.35. The number of aryl methyl sites for hydroxylation is 1. The number of rotatable bonds is 4. The van der Waals surface area contributed by atoms with Gasteiger partial charge in [-0.3, -0.25) is 4.79 Å². The number of aromatic nitrogens is 2. The molecule has 0 radical (unpaired) electrons. The van der Waals surface area contributed by atoms with E-state index in [4.69, 9.17) is 0 Å². The summed E-state index contributed by atoms with van der Waals surface area (Å²) >= 11 is 0. The molecule has 1 amide bonds. The van der Waals surface area contributed by atoms with Crippen molar-refractivity contribution < 1.29 is 4.79 Å². The first-order valence-corrected chi connectivity index (χ1v) is 4.96. The van der Waals surface area contributed by atoms with E-state index in [1.165, 1.54) is 0 Å². The largest absolute Gasteiger partial charge is 0.351 e. The van der Waals surface area contributed by atoms with Crippen LogP contribution in [-0.4, -0.2) is 22.0 Å². The van der Waals surface area contributed by atoms with Crippen molar-refractivity contribution in [1.82, 2.24) is 14.9 Å². The van der Waals surface area contributed by atoms with E-state index in [1.54, 1.807) is 12.4 Å². The summed E-state index contributed by atoms with van der Waals surface area (Å²) in [5, 5.41) is 2.76. The molecule has 4 nitrogen and oxygen atoms in total. The lowest BCUT2D eigenvalue weighted by molar-refractivity contribution is -0.123. The Morgan fingerprint density at radius 1 is 1.73 bits per heavy atom. The zero-order chi connectivity index (χ0) is 11.4. The molecule has 1 aromatic heterocycles. The van der Waals surface area contributed by atoms with Crippen molar-refractivity contribution in [1.29, 1.82) is 0 Å². The fraction of sp³-hybridized carbons (Fsp3) is 0.455. The molecule has 1 unspecified atom stereocenters. The summed E-state index contributed by atoms with van der Waals surface area (Å²) in [4.78, 5) is 15.8. The van der Waals surface area contributed by atoms with E-state index in [2.05, 4.69) is 16.9 Å². The fourth-order valence-electron chi connectivity index (χ4n) is 1.35. The van der Waals surface area contributed by atoms with Crippen LogP contribution in [0, 0.1) is 13.8 Å². The molecule has 0 spiro atoms. The van der Waals surface area contributed by atoms with Gasteiger partial charge in [-0.05, 0) is 20.8 Å². The van der Waals surface area contributed by atoms with Crippen molar-refractivity contribution >= 4 is 5.91 Å². The first-order valence-electron chi connectivity index (χ1n) is 4.96. The summed E-state index contributed by atoms with van der Waals surface area (Å²) in [5.74, 6) is -0.0181. The molecule has 0 fully saturated rings. The van der Waals surface area contributed by atoms with Crippen LogP contribution < -0.4 is 5.32 Å². The third kappa shape index (κ3) is 2.46. The van der Waals surface area contributed by atoms with Gasteiger partial charge in [0.1, 0.15) is 6.04 Å². The Hall–Kier alpha value is -1.58. The van der Waals surface area contributed by atoms with Crippen LogP contribution in [0.25, 0.3) is 0 Å².